The van der Waals surface area contributed by atoms with E-state index in [4.69, 9.17) is 4.74 Å². The summed E-state index contributed by atoms with van der Waals surface area (Å²) < 4.78 is 5.17. The SMILES string of the molecule is CCOC(=O)/C(=N\N(C)c1ccccc1)c1ccc(N(C)C)cc1. The summed E-state index contributed by atoms with van der Waals surface area (Å²) in [6.45, 7) is 2.09. The van der Waals surface area contributed by atoms with Crippen molar-refractivity contribution in [2.24, 2.45) is 5.10 Å². The van der Waals surface area contributed by atoms with Crippen molar-refractivity contribution in [1.29, 1.82) is 0 Å². The van der Waals surface area contributed by atoms with Gasteiger partial charge in [-0.15, -0.1) is 0 Å². The summed E-state index contributed by atoms with van der Waals surface area (Å²) in [4.78, 5) is 14.3. The Morgan fingerprint density at radius 1 is 0.958 bits per heavy atom. The molecule has 0 aliphatic heterocycles. The third kappa shape index (κ3) is 4.35. The fourth-order valence-corrected chi connectivity index (χ4v) is 2.18. The van der Waals surface area contributed by atoms with Crippen LogP contribution in [0.4, 0.5) is 11.4 Å². The largest absolute Gasteiger partial charge is 0.461 e. The molecule has 0 aliphatic carbocycles. The van der Waals surface area contributed by atoms with Crippen molar-refractivity contribution in [3.63, 3.8) is 0 Å². The maximum atomic E-state index is 12.3. The Morgan fingerprint density at radius 2 is 1.58 bits per heavy atom. The van der Waals surface area contributed by atoms with Crippen LogP contribution < -0.4 is 9.91 Å². The van der Waals surface area contributed by atoms with Crippen LogP contribution in [0.3, 0.4) is 0 Å². The molecule has 24 heavy (non-hydrogen) atoms. The third-order valence-electron chi connectivity index (χ3n) is 3.51. The van der Waals surface area contributed by atoms with Gasteiger partial charge in [-0.25, -0.2) is 4.79 Å². The number of ether oxygens (including phenoxy) is 1. The second-order valence-electron chi connectivity index (χ2n) is 5.47. The minimum atomic E-state index is -0.433. The first-order chi connectivity index (χ1) is 11.5. The Hall–Kier alpha value is -2.82. The molecule has 5 heteroatoms. The Labute approximate surface area is 143 Å². The van der Waals surface area contributed by atoms with E-state index < -0.39 is 5.97 Å². The highest BCUT2D eigenvalue weighted by molar-refractivity contribution is 6.43. The number of carbonyl (C=O) groups is 1. The summed E-state index contributed by atoms with van der Waals surface area (Å²) in [5, 5.41) is 6.14. The van der Waals surface area contributed by atoms with Crippen LogP contribution in [0.1, 0.15) is 12.5 Å². The van der Waals surface area contributed by atoms with Crippen LogP contribution >= 0.6 is 0 Å². The van der Waals surface area contributed by atoms with E-state index in [9.17, 15) is 4.79 Å². The van der Waals surface area contributed by atoms with Crippen molar-refractivity contribution in [2.75, 3.05) is 37.7 Å². The minimum absolute atomic E-state index is 0.286. The molecule has 0 aliphatic rings. The molecular weight excluding hydrogens is 302 g/mol. The average molecular weight is 325 g/mol. The van der Waals surface area contributed by atoms with Gasteiger partial charge in [0.2, 0.25) is 0 Å². The lowest BCUT2D eigenvalue weighted by atomic mass is 10.1. The van der Waals surface area contributed by atoms with Crippen LogP contribution in [-0.4, -0.2) is 39.4 Å². The van der Waals surface area contributed by atoms with Gasteiger partial charge in [-0.05, 0) is 31.2 Å². The van der Waals surface area contributed by atoms with Gasteiger partial charge in [0.25, 0.3) is 0 Å². The maximum Gasteiger partial charge on any atom is 0.359 e. The number of anilines is 2. The number of carbonyl (C=O) groups excluding carboxylic acids is 1. The molecular formula is C19H23N3O2. The molecule has 0 aromatic heterocycles. The number of esters is 1. The lowest BCUT2D eigenvalue weighted by Crippen LogP contribution is -2.23. The van der Waals surface area contributed by atoms with Crippen LogP contribution in [0.15, 0.2) is 59.7 Å². The van der Waals surface area contributed by atoms with E-state index in [-0.39, 0.29) is 5.71 Å². The summed E-state index contributed by atoms with van der Waals surface area (Å²) in [6, 6.07) is 17.3. The second-order valence-corrected chi connectivity index (χ2v) is 5.47. The number of nitrogens with zero attached hydrogens (tertiary/aromatic N) is 3. The molecule has 0 saturated heterocycles. The number of hydrogen-bond acceptors (Lipinski definition) is 5. The third-order valence-corrected chi connectivity index (χ3v) is 3.51. The molecule has 0 bridgehead atoms. The van der Waals surface area contributed by atoms with Crippen LogP contribution in [0.2, 0.25) is 0 Å². The topological polar surface area (TPSA) is 45.1 Å². The van der Waals surface area contributed by atoms with Crippen molar-refractivity contribution in [3.8, 4) is 0 Å². The van der Waals surface area contributed by atoms with E-state index in [0.717, 1.165) is 16.9 Å². The van der Waals surface area contributed by atoms with Crippen molar-refractivity contribution >= 4 is 23.1 Å². The van der Waals surface area contributed by atoms with Crippen molar-refractivity contribution in [2.45, 2.75) is 6.92 Å². The predicted molar refractivity (Wildman–Crippen MR) is 98.8 cm³/mol. The first-order valence-corrected chi connectivity index (χ1v) is 7.85. The highest BCUT2D eigenvalue weighted by Gasteiger charge is 2.17. The standard InChI is InChI=1S/C19H23N3O2/c1-5-24-19(23)18(15-11-13-16(14-12-15)21(2)3)20-22(4)17-9-7-6-8-10-17/h6-14H,5H2,1-4H3/b20-18-. The first-order valence-electron chi connectivity index (χ1n) is 7.85. The fourth-order valence-electron chi connectivity index (χ4n) is 2.18. The Bertz CT molecular complexity index is 694. The van der Waals surface area contributed by atoms with E-state index >= 15 is 0 Å². The van der Waals surface area contributed by atoms with Gasteiger partial charge in [0.05, 0.1) is 12.3 Å². The molecule has 0 radical (unpaired) electrons. The monoisotopic (exact) mass is 325 g/mol. The highest BCUT2D eigenvalue weighted by atomic mass is 16.5. The molecule has 0 fully saturated rings. The van der Waals surface area contributed by atoms with Gasteiger partial charge < -0.3 is 9.64 Å². The fraction of sp³-hybridized carbons (Fsp3) is 0.263. The van der Waals surface area contributed by atoms with Gasteiger partial charge in [-0.2, -0.15) is 5.10 Å². The molecule has 0 atom stereocenters. The van der Waals surface area contributed by atoms with Gasteiger partial charge in [-0.1, -0.05) is 30.3 Å². The molecule has 0 heterocycles. The van der Waals surface area contributed by atoms with Crippen LogP contribution in [0, 0.1) is 0 Å². The normalized spacial score (nSPS) is 11.1. The number of hydrazone groups is 1. The van der Waals surface area contributed by atoms with Crippen molar-refractivity contribution in [1.82, 2.24) is 0 Å². The van der Waals surface area contributed by atoms with Gasteiger partial charge >= 0.3 is 5.97 Å². The average Bonchev–Trinajstić information content (AvgIpc) is 2.60. The Balaban J connectivity index is 2.37. The molecule has 0 N–H and O–H groups in total. The van der Waals surface area contributed by atoms with Gasteiger partial charge in [0.1, 0.15) is 0 Å². The maximum absolute atomic E-state index is 12.3. The van der Waals surface area contributed by atoms with Crippen LogP contribution in [0.25, 0.3) is 0 Å². The highest BCUT2D eigenvalue weighted by Crippen LogP contribution is 2.16. The molecule has 0 amide bonds. The molecule has 0 unspecified atom stereocenters. The minimum Gasteiger partial charge on any atom is -0.461 e. The van der Waals surface area contributed by atoms with Crippen molar-refractivity contribution < 1.29 is 9.53 Å². The van der Waals surface area contributed by atoms with E-state index in [1.807, 2.05) is 80.6 Å². The molecule has 2 aromatic rings. The molecule has 2 aromatic carbocycles. The molecule has 126 valence electrons. The van der Waals surface area contributed by atoms with E-state index in [2.05, 4.69) is 5.10 Å². The number of benzene rings is 2. The zero-order valence-electron chi connectivity index (χ0n) is 14.6. The quantitative estimate of drug-likeness (QED) is 0.465. The number of hydrogen-bond donors (Lipinski definition) is 0. The van der Waals surface area contributed by atoms with Gasteiger partial charge in [0.15, 0.2) is 5.71 Å². The van der Waals surface area contributed by atoms with Crippen molar-refractivity contribution in [3.05, 3.63) is 60.2 Å². The summed E-state index contributed by atoms with van der Waals surface area (Å²) in [5.74, 6) is -0.433. The molecule has 0 saturated carbocycles. The zero-order chi connectivity index (χ0) is 17.5. The Kier molecular flexibility index (Phi) is 5.95. The number of para-hydroxylation sites is 1. The van der Waals surface area contributed by atoms with Gasteiger partial charge in [-0.3, -0.25) is 5.01 Å². The number of rotatable bonds is 6. The zero-order valence-corrected chi connectivity index (χ0v) is 14.6. The summed E-state index contributed by atoms with van der Waals surface area (Å²) >= 11 is 0. The summed E-state index contributed by atoms with van der Waals surface area (Å²) in [6.07, 6.45) is 0. The van der Waals surface area contributed by atoms with E-state index in [1.54, 1.807) is 11.9 Å². The smallest absolute Gasteiger partial charge is 0.359 e. The molecule has 0 spiro atoms. The molecule has 2 rings (SSSR count). The van der Waals surface area contributed by atoms with E-state index in [1.165, 1.54) is 0 Å². The van der Waals surface area contributed by atoms with E-state index in [0.29, 0.717) is 6.61 Å². The lowest BCUT2D eigenvalue weighted by Gasteiger charge is -2.16. The molecule has 5 nitrogen and oxygen atoms in total. The second kappa shape index (κ2) is 8.15. The summed E-state index contributed by atoms with van der Waals surface area (Å²) in [7, 11) is 5.75. The predicted octanol–water partition coefficient (Wildman–Crippen LogP) is 3.16. The lowest BCUT2D eigenvalue weighted by molar-refractivity contribution is -0.134. The first kappa shape index (κ1) is 17.5. The van der Waals surface area contributed by atoms with Crippen LogP contribution in [0.5, 0.6) is 0 Å². The Morgan fingerprint density at radius 3 is 2.12 bits per heavy atom. The summed E-state index contributed by atoms with van der Waals surface area (Å²) in [5.41, 5.74) is 2.96. The van der Waals surface area contributed by atoms with Crippen LogP contribution in [-0.2, 0) is 9.53 Å². The van der Waals surface area contributed by atoms with Gasteiger partial charge in [0, 0.05) is 32.4 Å².